The molecule has 0 saturated carbocycles. The van der Waals surface area contributed by atoms with E-state index in [0.29, 0.717) is 5.92 Å². The van der Waals surface area contributed by atoms with Crippen molar-refractivity contribution in [1.29, 1.82) is 0 Å². The zero-order valence-corrected chi connectivity index (χ0v) is 8.60. The molecule has 0 aromatic carbocycles. The Morgan fingerprint density at radius 2 is 1.92 bits per heavy atom. The Morgan fingerprint density at radius 3 is 2.31 bits per heavy atom. The summed E-state index contributed by atoms with van der Waals surface area (Å²) in [6.07, 6.45) is -0.292. The average molecular weight is 212 g/mol. The fraction of sp³-hybridized carbons (Fsp3) is 1.00. The average Bonchev–Trinajstić information content (AvgIpc) is 2.04. The van der Waals surface area contributed by atoms with E-state index in [0.717, 1.165) is 25.9 Å². The van der Waals surface area contributed by atoms with Gasteiger partial charge in [-0.15, -0.1) is 11.6 Å². The summed E-state index contributed by atoms with van der Waals surface area (Å²) in [5.74, 6) is 0.510. The third-order valence-electron chi connectivity index (χ3n) is 2.68. The Balaban J connectivity index is 2.22. The van der Waals surface area contributed by atoms with Crippen LogP contribution in [0.5, 0.6) is 0 Å². The molecule has 0 bridgehead atoms. The second kappa shape index (κ2) is 5.11. The molecule has 1 rings (SSSR count). The number of nitrogens with zero attached hydrogens (tertiary/aromatic N) is 1. The Kier molecular flexibility index (Phi) is 4.39. The SMILES string of the molecule is CC(Cl)C1CCN(CC(F)F)CC1. The van der Waals surface area contributed by atoms with E-state index in [1.54, 1.807) is 0 Å². The second-order valence-corrected chi connectivity index (χ2v) is 4.40. The molecule has 0 N–H and O–H groups in total. The zero-order valence-electron chi connectivity index (χ0n) is 7.85. The molecular weight excluding hydrogens is 196 g/mol. The molecule has 0 spiro atoms. The number of piperidine rings is 1. The monoisotopic (exact) mass is 211 g/mol. The van der Waals surface area contributed by atoms with Crippen LogP contribution in [0.4, 0.5) is 8.78 Å². The van der Waals surface area contributed by atoms with E-state index in [4.69, 9.17) is 11.6 Å². The second-order valence-electron chi connectivity index (χ2n) is 3.71. The van der Waals surface area contributed by atoms with Gasteiger partial charge in [0, 0.05) is 5.38 Å². The molecule has 1 aliphatic heterocycles. The van der Waals surface area contributed by atoms with E-state index in [1.165, 1.54) is 0 Å². The lowest BCUT2D eigenvalue weighted by molar-refractivity contribution is 0.0691. The van der Waals surface area contributed by atoms with E-state index in [-0.39, 0.29) is 11.9 Å². The van der Waals surface area contributed by atoms with Crippen LogP contribution in [0.15, 0.2) is 0 Å². The highest BCUT2D eigenvalue weighted by molar-refractivity contribution is 6.20. The van der Waals surface area contributed by atoms with Crippen LogP contribution in [0.1, 0.15) is 19.8 Å². The first-order valence-electron chi connectivity index (χ1n) is 4.74. The maximum Gasteiger partial charge on any atom is 0.251 e. The largest absolute Gasteiger partial charge is 0.298 e. The van der Waals surface area contributed by atoms with Crippen molar-refractivity contribution >= 4 is 11.6 Å². The van der Waals surface area contributed by atoms with Gasteiger partial charge in [0.05, 0.1) is 6.54 Å². The Morgan fingerprint density at radius 1 is 1.38 bits per heavy atom. The van der Waals surface area contributed by atoms with Gasteiger partial charge < -0.3 is 0 Å². The summed E-state index contributed by atoms with van der Waals surface area (Å²) in [7, 11) is 0. The summed E-state index contributed by atoms with van der Waals surface area (Å²) >= 11 is 5.94. The number of hydrogen-bond acceptors (Lipinski definition) is 1. The van der Waals surface area contributed by atoms with Gasteiger partial charge in [0.2, 0.25) is 0 Å². The normalized spacial score (nSPS) is 23.8. The van der Waals surface area contributed by atoms with Gasteiger partial charge in [-0.05, 0) is 38.8 Å². The van der Waals surface area contributed by atoms with Crippen LogP contribution >= 0.6 is 11.6 Å². The first kappa shape index (κ1) is 11.2. The summed E-state index contributed by atoms with van der Waals surface area (Å²) in [4.78, 5) is 1.82. The van der Waals surface area contributed by atoms with Gasteiger partial charge in [-0.25, -0.2) is 8.78 Å². The highest BCUT2D eigenvalue weighted by atomic mass is 35.5. The van der Waals surface area contributed by atoms with Gasteiger partial charge in [-0.1, -0.05) is 0 Å². The molecule has 1 unspecified atom stereocenters. The lowest BCUT2D eigenvalue weighted by Crippen LogP contribution is -2.38. The van der Waals surface area contributed by atoms with Gasteiger partial charge in [-0.3, -0.25) is 4.90 Å². The molecule has 0 aliphatic carbocycles. The van der Waals surface area contributed by atoms with Gasteiger partial charge >= 0.3 is 0 Å². The van der Waals surface area contributed by atoms with E-state index < -0.39 is 6.43 Å². The van der Waals surface area contributed by atoms with Crippen molar-refractivity contribution in [3.05, 3.63) is 0 Å². The minimum absolute atomic E-state index is 0.0800. The molecule has 1 aliphatic rings. The first-order chi connectivity index (χ1) is 6.09. The molecule has 1 heterocycles. The molecule has 0 aromatic heterocycles. The molecule has 0 amide bonds. The Bertz CT molecular complexity index is 145. The molecule has 0 radical (unpaired) electrons. The summed E-state index contributed by atoms with van der Waals surface area (Å²) in [5.41, 5.74) is 0. The lowest BCUT2D eigenvalue weighted by atomic mass is 9.94. The Hall–Kier alpha value is 0.110. The number of hydrogen-bond donors (Lipinski definition) is 0. The van der Waals surface area contributed by atoms with Gasteiger partial charge in [0.15, 0.2) is 0 Å². The number of likely N-dealkylation sites (tertiary alicyclic amines) is 1. The van der Waals surface area contributed by atoms with Crippen molar-refractivity contribution in [3.8, 4) is 0 Å². The van der Waals surface area contributed by atoms with Crippen LogP contribution in [0.25, 0.3) is 0 Å². The standard InChI is InChI=1S/C9H16ClF2N/c1-7(10)8-2-4-13(5-3-8)6-9(11)12/h7-9H,2-6H2,1H3. The predicted molar refractivity (Wildman–Crippen MR) is 50.5 cm³/mol. The number of rotatable bonds is 3. The molecule has 1 saturated heterocycles. The molecule has 0 aromatic rings. The van der Waals surface area contributed by atoms with E-state index in [9.17, 15) is 8.78 Å². The predicted octanol–water partition coefficient (Wildman–Crippen LogP) is 2.59. The molecule has 13 heavy (non-hydrogen) atoms. The van der Waals surface area contributed by atoms with Gasteiger partial charge in [0.1, 0.15) is 0 Å². The van der Waals surface area contributed by atoms with Gasteiger partial charge in [0.25, 0.3) is 6.43 Å². The molecule has 4 heteroatoms. The van der Waals surface area contributed by atoms with E-state index >= 15 is 0 Å². The first-order valence-corrected chi connectivity index (χ1v) is 5.18. The van der Waals surface area contributed by atoms with Crippen molar-refractivity contribution < 1.29 is 8.78 Å². The van der Waals surface area contributed by atoms with Crippen LogP contribution in [0.3, 0.4) is 0 Å². The highest BCUT2D eigenvalue weighted by Gasteiger charge is 2.23. The van der Waals surface area contributed by atoms with Crippen molar-refractivity contribution in [1.82, 2.24) is 4.90 Å². The topological polar surface area (TPSA) is 3.24 Å². The summed E-state index contributed by atoms with van der Waals surface area (Å²) < 4.78 is 24.0. The number of halogens is 3. The van der Waals surface area contributed by atoms with Gasteiger partial charge in [-0.2, -0.15) is 0 Å². The summed E-state index contributed by atoms with van der Waals surface area (Å²) in [6.45, 7) is 3.44. The van der Waals surface area contributed by atoms with E-state index in [2.05, 4.69) is 0 Å². The maximum absolute atomic E-state index is 12.0. The van der Waals surface area contributed by atoms with Crippen molar-refractivity contribution in [3.63, 3.8) is 0 Å². The third kappa shape index (κ3) is 3.77. The molecular formula is C9H16ClF2N. The smallest absolute Gasteiger partial charge is 0.251 e. The van der Waals surface area contributed by atoms with Crippen LogP contribution in [-0.2, 0) is 0 Å². The van der Waals surface area contributed by atoms with Crippen molar-refractivity contribution in [2.45, 2.75) is 31.6 Å². The molecule has 1 fully saturated rings. The van der Waals surface area contributed by atoms with Crippen LogP contribution in [0.2, 0.25) is 0 Å². The molecule has 78 valence electrons. The fourth-order valence-corrected chi connectivity index (χ4v) is 2.04. The quantitative estimate of drug-likeness (QED) is 0.649. The minimum atomic E-state index is -2.20. The lowest BCUT2D eigenvalue weighted by Gasteiger charge is -2.32. The summed E-state index contributed by atoms with van der Waals surface area (Å²) in [5, 5.41) is 0.175. The Labute approximate surface area is 83.0 Å². The summed E-state index contributed by atoms with van der Waals surface area (Å²) in [6, 6.07) is 0. The highest BCUT2D eigenvalue weighted by Crippen LogP contribution is 2.23. The third-order valence-corrected chi connectivity index (χ3v) is 3.03. The fourth-order valence-electron chi connectivity index (χ4n) is 1.79. The molecule has 1 nitrogen and oxygen atoms in total. The zero-order chi connectivity index (χ0) is 9.84. The minimum Gasteiger partial charge on any atom is -0.298 e. The van der Waals surface area contributed by atoms with E-state index in [1.807, 2.05) is 11.8 Å². The van der Waals surface area contributed by atoms with Crippen molar-refractivity contribution in [2.75, 3.05) is 19.6 Å². The maximum atomic E-state index is 12.0. The van der Waals surface area contributed by atoms with Crippen molar-refractivity contribution in [2.24, 2.45) is 5.92 Å². The number of alkyl halides is 3. The van der Waals surface area contributed by atoms with Crippen LogP contribution in [0, 0.1) is 5.92 Å². The van der Waals surface area contributed by atoms with Crippen LogP contribution < -0.4 is 0 Å². The molecule has 1 atom stereocenters. The van der Waals surface area contributed by atoms with Crippen LogP contribution in [-0.4, -0.2) is 36.3 Å².